The fourth-order valence-electron chi connectivity index (χ4n) is 3.24. The molecule has 1 fully saturated rings. The highest BCUT2D eigenvalue weighted by molar-refractivity contribution is 5.39. The Balaban J connectivity index is 2.02. The number of benzene rings is 1. The van der Waals surface area contributed by atoms with Gasteiger partial charge < -0.3 is 9.84 Å². The standard InChI is InChI=1S/C14H17FO2/c1-9-3-2-6-14(9)8-12(16)11-5-4-10(15)7-13(11)17-14/h4-5,7,9,12,16H,2-3,6,8H2,1H3/t9?,12-,14?/m0/s1. The number of ether oxygens (including phenoxy) is 1. The topological polar surface area (TPSA) is 29.5 Å². The first-order valence-electron chi connectivity index (χ1n) is 6.27. The van der Waals surface area contributed by atoms with E-state index in [0.717, 1.165) is 24.8 Å². The van der Waals surface area contributed by atoms with Crippen LogP contribution in [0, 0.1) is 11.7 Å². The lowest BCUT2D eigenvalue weighted by Crippen LogP contribution is -2.43. The summed E-state index contributed by atoms with van der Waals surface area (Å²) < 4.78 is 19.3. The van der Waals surface area contributed by atoms with E-state index < -0.39 is 6.10 Å². The summed E-state index contributed by atoms with van der Waals surface area (Å²) >= 11 is 0. The molecule has 1 aromatic rings. The molecule has 1 aliphatic carbocycles. The van der Waals surface area contributed by atoms with Crippen LogP contribution in [-0.2, 0) is 0 Å². The van der Waals surface area contributed by atoms with Crippen molar-refractivity contribution in [3.63, 3.8) is 0 Å². The van der Waals surface area contributed by atoms with Gasteiger partial charge in [-0.25, -0.2) is 4.39 Å². The van der Waals surface area contributed by atoms with E-state index in [2.05, 4.69) is 6.92 Å². The molecule has 0 bridgehead atoms. The quantitative estimate of drug-likeness (QED) is 0.749. The zero-order chi connectivity index (χ0) is 12.0. The number of halogens is 1. The van der Waals surface area contributed by atoms with Crippen LogP contribution in [0.3, 0.4) is 0 Å². The lowest BCUT2D eigenvalue weighted by Gasteiger charge is -2.41. The van der Waals surface area contributed by atoms with Crippen LogP contribution in [0.25, 0.3) is 0 Å². The van der Waals surface area contributed by atoms with Gasteiger partial charge in [0.1, 0.15) is 17.2 Å². The van der Waals surface area contributed by atoms with E-state index in [9.17, 15) is 9.50 Å². The van der Waals surface area contributed by atoms with E-state index in [0.29, 0.717) is 18.1 Å². The summed E-state index contributed by atoms with van der Waals surface area (Å²) in [6, 6.07) is 4.40. The Bertz CT molecular complexity index is 446. The van der Waals surface area contributed by atoms with E-state index in [1.54, 1.807) is 6.07 Å². The third-order valence-corrected chi connectivity index (χ3v) is 4.32. The molecule has 3 rings (SSSR count). The maximum Gasteiger partial charge on any atom is 0.128 e. The van der Waals surface area contributed by atoms with Crippen molar-refractivity contribution in [3.05, 3.63) is 29.6 Å². The fourth-order valence-corrected chi connectivity index (χ4v) is 3.24. The van der Waals surface area contributed by atoms with Crippen LogP contribution < -0.4 is 4.74 Å². The molecular weight excluding hydrogens is 219 g/mol. The lowest BCUT2D eigenvalue weighted by molar-refractivity contribution is -0.0358. The predicted octanol–water partition coefficient (Wildman–Crippen LogP) is 3.20. The third kappa shape index (κ3) is 1.64. The molecule has 1 aromatic carbocycles. The molecule has 0 aromatic heterocycles. The summed E-state index contributed by atoms with van der Waals surface area (Å²) in [6.07, 6.45) is 3.31. The van der Waals surface area contributed by atoms with Gasteiger partial charge in [-0.2, -0.15) is 0 Å². The van der Waals surface area contributed by atoms with Crippen LogP contribution in [0.2, 0.25) is 0 Å². The highest BCUT2D eigenvalue weighted by atomic mass is 19.1. The molecule has 0 radical (unpaired) electrons. The SMILES string of the molecule is CC1CCCC12C[C@H](O)c1ccc(F)cc1O2. The highest BCUT2D eigenvalue weighted by Crippen LogP contribution is 2.49. The van der Waals surface area contributed by atoms with Crippen LogP contribution in [0.5, 0.6) is 5.75 Å². The summed E-state index contributed by atoms with van der Waals surface area (Å²) in [6.45, 7) is 2.16. The van der Waals surface area contributed by atoms with E-state index in [-0.39, 0.29) is 11.4 Å². The second kappa shape index (κ2) is 3.70. The van der Waals surface area contributed by atoms with Gasteiger partial charge in [-0.05, 0) is 37.3 Å². The Morgan fingerprint density at radius 1 is 1.47 bits per heavy atom. The minimum atomic E-state index is -0.528. The molecule has 0 saturated heterocycles. The maximum absolute atomic E-state index is 13.2. The van der Waals surface area contributed by atoms with Crippen molar-refractivity contribution >= 4 is 0 Å². The van der Waals surface area contributed by atoms with Crippen molar-refractivity contribution in [2.45, 2.75) is 44.3 Å². The molecule has 1 spiro atoms. The molecule has 2 nitrogen and oxygen atoms in total. The van der Waals surface area contributed by atoms with Crippen LogP contribution in [0.1, 0.15) is 44.3 Å². The minimum Gasteiger partial charge on any atom is -0.486 e. The van der Waals surface area contributed by atoms with Gasteiger partial charge in [0.15, 0.2) is 0 Å². The van der Waals surface area contributed by atoms with E-state index in [1.807, 2.05) is 0 Å². The molecule has 1 heterocycles. The Morgan fingerprint density at radius 2 is 2.29 bits per heavy atom. The second-order valence-electron chi connectivity index (χ2n) is 5.36. The average molecular weight is 236 g/mol. The molecule has 3 heteroatoms. The van der Waals surface area contributed by atoms with Gasteiger partial charge in [-0.1, -0.05) is 6.92 Å². The number of rotatable bonds is 0. The van der Waals surface area contributed by atoms with Crippen molar-refractivity contribution in [1.29, 1.82) is 0 Å². The van der Waals surface area contributed by atoms with Gasteiger partial charge in [-0.3, -0.25) is 0 Å². The molecule has 2 aliphatic rings. The first kappa shape index (κ1) is 11.0. The van der Waals surface area contributed by atoms with Crippen molar-refractivity contribution in [3.8, 4) is 5.75 Å². The Kier molecular flexibility index (Phi) is 2.40. The summed E-state index contributed by atoms with van der Waals surface area (Å²) in [5, 5.41) is 10.2. The summed E-state index contributed by atoms with van der Waals surface area (Å²) in [4.78, 5) is 0. The zero-order valence-electron chi connectivity index (χ0n) is 9.95. The molecule has 0 amide bonds. The van der Waals surface area contributed by atoms with Crippen molar-refractivity contribution < 1.29 is 14.2 Å². The van der Waals surface area contributed by atoms with Crippen LogP contribution in [-0.4, -0.2) is 10.7 Å². The van der Waals surface area contributed by atoms with Crippen molar-refractivity contribution in [1.82, 2.24) is 0 Å². The largest absolute Gasteiger partial charge is 0.486 e. The molecule has 3 atom stereocenters. The van der Waals surface area contributed by atoms with E-state index in [4.69, 9.17) is 4.74 Å². The summed E-state index contributed by atoms with van der Waals surface area (Å²) in [5.41, 5.74) is 0.441. The Morgan fingerprint density at radius 3 is 3.00 bits per heavy atom. The van der Waals surface area contributed by atoms with Gasteiger partial charge in [0.25, 0.3) is 0 Å². The van der Waals surface area contributed by atoms with Gasteiger partial charge in [0.05, 0.1) is 6.10 Å². The van der Waals surface area contributed by atoms with E-state index in [1.165, 1.54) is 12.1 Å². The molecule has 2 unspecified atom stereocenters. The first-order chi connectivity index (χ1) is 8.11. The summed E-state index contributed by atoms with van der Waals surface area (Å²) in [7, 11) is 0. The number of hydrogen-bond donors (Lipinski definition) is 1. The van der Waals surface area contributed by atoms with Crippen LogP contribution in [0.4, 0.5) is 4.39 Å². The number of fused-ring (bicyclic) bond motifs is 1. The molecular formula is C14H17FO2. The molecule has 1 saturated carbocycles. The average Bonchev–Trinajstić information content (AvgIpc) is 2.59. The fraction of sp³-hybridized carbons (Fsp3) is 0.571. The predicted molar refractivity (Wildman–Crippen MR) is 62.4 cm³/mol. The van der Waals surface area contributed by atoms with Crippen molar-refractivity contribution in [2.24, 2.45) is 5.92 Å². The molecule has 17 heavy (non-hydrogen) atoms. The van der Waals surface area contributed by atoms with Gasteiger partial charge in [0.2, 0.25) is 0 Å². The van der Waals surface area contributed by atoms with Crippen LogP contribution in [0.15, 0.2) is 18.2 Å². The zero-order valence-corrected chi connectivity index (χ0v) is 9.95. The number of hydrogen-bond acceptors (Lipinski definition) is 2. The van der Waals surface area contributed by atoms with Crippen molar-refractivity contribution in [2.75, 3.05) is 0 Å². The number of aliphatic hydroxyl groups excluding tert-OH is 1. The van der Waals surface area contributed by atoms with Gasteiger partial charge >= 0.3 is 0 Å². The Hall–Kier alpha value is -1.09. The minimum absolute atomic E-state index is 0.278. The molecule has 1 aliphatic heterocycles. The summed E-state index contributed by atoms with van der Waals surface area (Å²) in [5.74, 6) is 0.643. The third-order valence-electron chi connectivity index (χ3n) is 4.32. The second-order valence-corrected chi connectivity index (χ2v) is 5.36. The smallest absolute Gasteiger partial charge is 0.128 e. The Labute approximate surface area is 100 Å². The number of aliphatic hydroxyl groups is 1. The van der Waals surface area contributed by atoms with Gasteiger partial charge in [-0.15, -0.1) is 0 Å². The van der Waals surface area contributed by atoms with Gasteiger partial charge in [0, 0.05) is 18.1 Å². The monoisotopic (exact) mass is 236 g/mol. The highest BCUT2D eigenvalue weighted by Gasteiger charge is 2.47. The van der Waals surface area contributed by atoms with E-state index >= 15 is 0 Å². The molecule has 92 valence electrons. The first-order valence-corrected chi connectivity index (χ1v) is 6.27. The van der Waals surface area contributed by atoms with Crippen LogP contribution >= 0.6 is 0 Å². The maximum atomic E-state index is 13.2. The lowest BCUT2D eigenvalue weighted by atomic mass is 9.82. The molecule has 1 N–H and O–H groups in total. The normalized spacial score (nSPS) is 35.7.